The molecule has 0 amide bonds. The van der Waals surface area contributed by atoms with Crippen LogP contribution in [0.4, 0.5) is 0 Å². The fourth-order valence-electron chi connectivity index (χ4n) is 3.52. The molecule has 0 aromatic rings. The summed E-state index contributed by atoms with van der Waals surface area (Å²) in [5.74, 6) is 0.902. The second-order valence-electron chi connectivity index (χ2n) is 6.49. The lowest BCUT2D eigenvalue weighted by Gasteiger charge is -2.35. The van der Waals surface area contributed by atoms with Crippen LogP contribution in [0, 0.1) is 5.92 Å². The fourth-order valence-corrected chi connectivity index (χ4v) is 3.52. The Morgan fingerprint density at radius 2 is 1.90 bits per heavy atom. The predicted molar refractivity (Wildman–Crippen MR) is 88.2 cm³/mol. The zero-order valence-corrected chi connectivity index (χ0v) is 14.3. The molecule has 0 heterocycles. The second kappa shape index (κ2) is 10.6. The van der Waals surface area contributed by atoms with E-state index in [1.54, 1.807) is 0 Å². The van der Waals surface area contributed by atoms with Crippen molar-refractivity contribution >= 4 is 0 Å². The molecule has 0 aliphatic heterocycles. The van der Waals surface area contributed by atoms with Crippen molar-refractivity contribution in [2.45, 2.75) is 104 Å². The zero-order valence-electron chi connectivity index (χ0n) is 14.3. The standard InChI is InChI=1S/C18H37NO/c1-5-10-17(19-13-6-2)18(8-4)20-16-12-9-11-15(7-3)14-16/h15-19H,5-14H2,1-4H3. The number of hydrogen-bond donors (Lipinski definition) is 1. The van der Waals surface area contributed by atoms with Crippen molar-refractivity contribution in [2.24, 2.45) is 5.92 Å². The average molecular weight is 284 g/mol. The van der Waals surface area contributed by atoms with Gasteiger partial charge in [0.2, 0.25) is 0 Å². The molecule has 1 N–H and O–H groups in total. The Labute approximate surface area is 127 Å². The van der Waals surface area contributed by atoms with Crippen LogP contribution in [-0.2, 0) is 4.74 Å². The van der Waals surface area contributed by atoms with Crippen LogP contribution in [0.5, 0.6) is 0 Å². The van der Waals surface area contributed by atoms with Crippen LogP contribution >= 0.6 is 0 Å². The van der Waals surface area contributed by atoms with Crippen molar-refractivity contribution in [1.29, 1.82) is 0 Å². The minimum Gasteiger partial charge on any atom is -0.373 e. The van der Waals surface area contributed by atoms with Crippen LogP contribution in [0.25, 0.3) is 0 Å². The van der Waals surface area contributed by atoms with Crippen LogP contribution in [0.2, 0.25) is 0 Å². The van der Waals surface area contributed by atoms with Crippen LogP contribution < -0.4 is 5.32 Å². The van der Waals surface area contributed by atoms with Gasteiger partial charge in [-0.3, -0.25) is 0 Å². The third-order valence-corrected chi connectivity index (χ3v) is 4.79. The first kappa shape index (κ1) is 18.0. The Hall–Kier alpha value is -0.0800. The highest BCUT2D eigenvalue weighted by Gasteiger charge is 2.27. The summed E-state index contributed by atoms with van der Waals surface area (Å²) in [6.07, 6.45) is 12.4. The molecule has 0 spiro atoms. The Morgan fingerprint density at radius 3 is 2.50 bits per heavy atom. The van der Waals surface area contributed by atoms with Crippen molar-refractivity contribution < 1.29 is 4.74 Å². The first-order valence-electron chi connectivity index (χ1n) is 9.13. The highest BCUT2D eigenvalue weighted by Crippen LogP contribution is 2.30. The van der Waals surface area contributed by atoms with E-state index in [0.717, 1.165) is 18.9 Å². The number of rotatable bonds is 10. The molecule has 2 heteroatoms. The van der Waals surface area contributed by atoms with E-state index >= 15 is 0 Å². The molecule has 0 aromatic carbocycles. The van der Waals surface area contributed by atoms with E-state index in [9.17, 15) is 0 Å². The fraction of sp³-hybridized carbons (Fsp3) is 1.00. The summed E-state index contributed by atoms with van der Waals surface area (Å²) in [5, 5.41) is 3.71. The summed E-state index contributed by atoms with van der Waals surface area (Å²) in [7, 11) is 0. The molecule has 0 saturated heterocycles. The van der Waals surface area contributed by atoms with E-state index in [2.05, 4.69) is 33.0 Å². The maximum absolute atomic E-state index is 6.52. The Morgan fingerprint density at radius 1 is 1.10 bits per heavy atom. The Kier molecular flexibility index (Phi) is 9.54. The summed E-state index contributed by atoms with van der Waals surface area (Å²) in [4.78, 5) is 0. The summed E-state index contributed by atoms with van der Waals surface area (Å²) < 4.78 is 6.52. The van der Waals surface area contributed by atoms with Crippen molar-refractivity contribution in [3.63, 3.8) is 0 Å². The Bertz CT molecular complexity index is 231. The molecule has 120 valence electrons. The Balaban J connectivity index is 2.49. The van der Waals surface area contributed by atoms with Crippen LogP contribution in [0.15, 0.2) is 0 Å². The minimum atomic E-state index is 0.405. The molecule has 0 radical (unpaired) electrons. The highest BCUT2D eigenvalue weighted by atomic mass is 16.5. The first-order chi connectivity index (χ1) is 9.74. The van der Waals surface area contributed by atoms with Crippen molar-refractivity contribution in [3.8, 4) is 0 Å². The zero-order chi connectivity index (χ0) is 14.8. The van der Waals surface area contributed by atoms with Crippen molar-refractivity contribution in [1.82, 2.24) is 5.32 Å². The van der Waals surface area contributed by atoms with E-state index < -0.39 is 0 Å². The monoisotopic (exact) mass is 283 g/mol. The highest BCUT2D eigenvalue weighted by molar-refractivity contribution is 4.80. The van der Waals surface area contributed by atoms with Crippen LogP contribution in [-0.4, -0.2) is 24.8 Å². The molecule has 1 aliphatic rings. The smallest absolute Gasteiger partial charge is 0.0729 e. The molecular formula is C18H37NO. The lowest BCUT2D eigenvalue weighted by Crippen LogP contribution is -2.43. The molecule has 1 rings (SSSR count). The SMILES string of the molecule is CCCNC(CCC)C(CC)OC1CCCC(CC)C1. The van der Waals surface area contributed by atoms with Gasteiger partial charge in [0.05, 0.1) is 12.2 Å². The van der Waals surface area contributed by atoms with Crippen molar-refractivity contribution in [2.75, 3.05) is 6.54 Å². The van der Waals surface area contributed by atoms with Gasteiger partial charge in [0.25, 0.3) is 0 Å². The first-order valence-corrected chi connectivity index (χ1v) is 9.13. The van der Waals surface area contributed by atoms with Gasteiger partial charge in [-0.1, -0.05) is 53.4 Å². The van der Waals surface area contributed by atoms with Gasteiger partial charge in [-0.2, -0.15) is 0 Å². The number of ether oxygens (including phenoxy) is 1. The third-order valence-electron chi connectivity index (χ3n) is 4.79. The molecule has 0 aromatic heterocycles. The van der Waals surface area contributed by atoms with Crippen LogP contribution in [0.1, 0.15) is 85.5 Å². The van der Waals surface area contributed by atoms with E-state index in [0.29, 0.717) is 18.2 Å². The molecule has 1 saturated carbocycles. The van der Waals surface area contributed by atoms with E-state index in [-0.39, 0.29) is 0 Å². The molecule has 1 fully saturated rings. The quantitative estimate of drug-likeness (QED) is 0.614. The van der Waals surface area contributed by atoms with Gasteiger partial charge in [-0.25, -0.2) is 0 Å². The minimum absolute atomic E-state index is 0.405. The van der Waals surface area contributed by atoms with Crippen molar-refractivity contribution in [3.05, 3.63) is 0 Å². The molecule has 1 aliphatic carbocycles. The van der Waals surface area contributed by atoms with Gasteiger partial charge in [-0.15, -0.1) is 0 Å². The van der Waals surface area contributed by atoms with E-state index in [1.807, 2.05) is 0 Å². The van der Waals surface area contributed by atoms with E-state index in [4.69, 9.17) is 4.74 Å². The lowest BCUT2D eigenvalue weighted by molar-refractivity contribution is -0.0587. The molecular weight excluding hydrogens is 246 g/mol. The van der Waals surface area contributed by atoms with Gasteiger partial charge in [-0.05, 0) is 44.6 Å². The summed E-state index contributed by atoms with van der Waals surface area (Å²) >= 11 is 0. The van der Waals surface area contributed by atoms with Crippen LogP contribution in [0.3, 0.4) is 0 Å². The van der Waals surface area contributed by atoms with Gasteiger partial charge in [0, 0.05) is 6.04 Å². The summed E-state index contributed by atoms with van der Waals surface area (Å²) in [6.45, 7) is 10.2. The maximum atomic E-state index is 6.52. The van der Waals surface area contributed by atoms with E-state index in [1.165, 1.54) is 51.4 Å². The lowest BCUT2D eigenvalue weighted by atomic mass is 9.85. The van der Waals surface area contributed by atoms with Gasteiger partial charge in [0.1, 0.15) is 0 Å². The summed E-state index contributed by atoms with van der Waals surface area (Å²) in [6, 6.07) is 0.548. The number of nitrogens with one attached hydrogen (secondary N) is 1. The van der Waals surface area contributed by atoms with Gasteiger partial charge in [0.15, 0.2) is 0 Å². The number of hydrogen-bond acceptors (Lipinski definition) is 2. The molecule has 4 unspecified atom stereocenters. The van der Waals surface area contributed by atoms with Gasteiger partial charge < -0.3 is 10.1 Å². The van der Waals surface area contributed by atoms with Gasteiger partial charge >= 0.3 is 0 Å². The predicted octanol–water partition coefficient (Wildman–Crippen LogP) is 4.92. The average Bonchev–Trinajstić information content (AvgIpc) is 2.49. The molecule has 4 atom stereocenters. The topological polar surface area (TPSA) is 21.3 Å². The third kappa shape index (κ3) is 6.13. The largest absolute Gasteiger partial charge is 0.373 e. The molecule has 0 bridgehead atoms. The normalized spacial score (nSPS) is 26.4. The second-order valence-corrected chi connectivity index (χ2v) is 6.49. The summed E-state index contributed by atoms with van der Waals surface area (Å²) in [5.41, 5.74) is 0. The maximum Gasteiger partial charge on any atom is 0.0729 e. The molecule has 20 heavy (non-hydrogen) atoms. The molecule has 2 nitrogen and oxygen atoms in total.